The van der Waals surface area contributed by atoms with Crippen molar-refractivity contribution in [3.05, 3.63) is 53.1 Å². The van der Waals surface area contributed by atoms with Gasteiger partial charge >= 0.3 is 0 Å². The van der Waals surface area contributed by atoms with Crippen LogP contribution in [0, 0.1) is 5.92 Å². The van der Waals surface area contributed by atoms with Gasteiger partial charge in [-0.2, -0.15) is 0 Å². The first-order valence-electron chi connectivity index (χ1n) is 7.58. The van der Waals surface area contributed by atoms with Gasteiger partial charge in [0.15, 0.2) is 21.3 Å². The van der Waals surface area contributed by atoms with Gasteiger partial charge in [0.1, 0.15) is 0 Å². The number of halogens is 1. The maximum atomic E-state index is 13.0. The highest BCUT2D eigenvalue weighted by molar-refractivity contribution is 7.92. The molecule has 0 spiro atoms. The summed E-state index contributed by atoms with van der Waals surface area (Å²) in [4.78, 5) is 0.414. The monoisotopic (exact) mass is 395 g/mol. The quantitative estimate of drug-likeness (QED) is 0.802. The van der Waals surface area contributed by atoms with Crippen molar-refractivity contribution < 1.29 is 17.9 Å². The van der Waals surface area contributed by atoms with E-state index in [4.69, 9.17) is 39.0 Å². The van der Waals surface area contributed by atoms with Crippen LogP contribution < -0.4 is 15.2 Å². The first kappa shape index (κ1) is 16.6. The lowest BCUT2D eigenvalue weighted by atomic mass is 10.1. The summed E-state index contributed by atoms with van der Waals surface area (Å²) in [5.74, 6) is 0.547. The molecule has 2 aromatic carbocycles. The smallest absolute Gasteiger partial charge is 0.231 e. The van der Waals surface area contributed by atoms with E-state index in [0.29, 0.717) is 16.5 Å². The van der Waals surface area contributed by atoms with Crippen LogP contribution in [0.3, 0.4) is 0 Å². The molecule has 2 N–H and O–H groups in total. The standard InChI is InChI=1S/C17H14ClNO4S2/c18-10-2-4-11(5-3-10)25(20,21)16-14(15(16)17(19)24)9-1-6-12-13(7-9)23-8-22-12/h1-7,14-16H,8H2,(H2,19,24). The number of sulfone groups is 1. The van der Waals surface area contributed by atoms with E-state index < -0.39 is 21.0 Å². The number of benzene rings is 2. The third-order valence-electron chi connectivity index (χ3n) is 4.56. The number of rotatable bonds is 4. The van der Waals surface area contributed by atoms with Gasteiger partial charge in [0, 0.05) is 16.9 Å². The maximum absolute atomic E-state index is 13.0. The number of thiocarbonyl (C=S) groups is 1. The number of nitrogens with two attached hydrogens (primary N) is 1. The van der Waals surface area contributed by atoms with Crippen LogP contribution in [0.1, 0.15) is 11.5 Å². The van der Waals surface area contributed by atoms with Crippen LogP contribution >= 0.6 is 23.8 Å². The molecule has 5 nitrogen and oxygen atoms in total. The summed E-state index contributed by atoms with van der Waals surface area (Å²) in [5, 5.41) is -0.209. The highest BCUT2D eigenvalue weighted by Crippen LogP contribution is 2.55. The molecule has 4 rings (SSSR count). The van der Waals surface area contributed by atoms with Gasteiger partial charge in [0.2, 0.25) is 6.79 Å². The molecular formula is C17H14ClNO4S2. The highest BCUT2D eigenvalue weighted by atomic mass is 35.5. The van der Waals surface area contributed by atoms with Gasteiger partial charge in [-0.1, -0.05) is 29.9 Å². The lowest BCUT2D eigenvalue weighted by molar-refractivity contribution is 0.174. The fraction of sp³-hybridized carbons (Fsp3) is 0.235. The van der Waals surface area contributed by atoms with E-state index in [9.17, 15) is 8.42 Å². The van der Waals surface area contributed by atoms with E-state index in [1.54, 1.807) is 24.3 Å². The normalized spacial score (nSPS) is 24.1. The van der Waals surface area contributed by atoms with Crippen molar-refractivity contribution in [3.63, 3.8) is 0 Å². The minimum Gasteiger partial charge on any atom is -0.454 e. The molecule has 1 aliphatic carbocycles. The second-order valence-corrected chi connectivity index (χ2v) is 9.04. The van der Waals surface area contributed by atoms with Crippen LogP contribution in [0.25, 0.3) is 0 Å². The molecule has 8 heteroatoms. The minimum absolute atomic E-state index is 0.161. The Labute approximate surface area is 155 Å². The molecule has 0 radical (unpaired) electrons. The maximum Gasteiger partial charge on any atom is 0.231 e. The lowest BCUT2D eigenvalue weighted by Crippen LogP contribution is -2.17. The van der Waals surface area contributed by atoms with E-state index >= 15 is 0 Å². The van der Waals surface area contributed by atoms with Crippen molar-refractivity contribution in [2.75, 3.05) is 6.79 Å². The van der Waals surface area contributed by atoms with Gasteiger partial charge in [-0.3, -0.25) is 0 Å². The van der Waals surface area contributed by atoms with Crippen LogP contribution in [0.15, 0.2) is 47.4 Å². The molecule has 3 atom stereocenters. The van der Waals surface area contributed by atoms with Crippen LogP contribution in [0.5, 0.6) is 11.5 Å². The Morgan fingerprint density at radius 1 is 1.12 bits per heavy atom. The molecule has 1 aliphatic heterocycles. The second kappa shape index (κ2) is 5.86. The molecule has 0 bridgehead atoms. The Hall–Kier alpha value is -1.83. The Bertz CT molecular complexity index is 959. The molecule has 1 fully saturated rings. The summed E-state index contributed by atoms with van der Waals surface area (Å²) < 4.78 is 36.7. The Balaban J connectivity index is 1.71. The Kier molecular flexibility index (Phi) is 3.90. The van der Waals surface area contributed by atoms with Crippen molar-refractivity contribution in [2.45, 2.75) is 16.1 Å². The predicted octanol–water partition coefficient (Wildman–Crippen LogP) is 2.91. The van der Waals surface area contributed by atoms with E-state index in [1.165, 1.54) is 12.1 Å². The second-order valence-electron chi connectivity index (χ2n) is 6.03. The minimum atomic E-state index is -3.59. The van der Waals surface area contributed by atoms with Crippen LogP contribution in [-0.2, 0) is 9.84 Å². The molecule has 1 heterocycles. The largest absolute Gasteiger partial charge is 0.454 e. The first-order chi connectivity index (χ1) is 11.9. The van der Waals surface area contributed by atoms with Crippen molar-refractivity contribution in [1.82, 2.24) is 0 Å². The van der Waals surface area contributed by atoms with Gasteiger partial charge in [0.05, 0.1) is 15.1 Å². The predicted molar refractivity (Wildman–Crippen MR) is 98.0 cm³/mol. The fourth-order valence-electron chi connectivity index (χ4n) is 3.31. The number of fused-ring (bicyclic) bond motifs is 1. The molecular weight excluding hydrogens is 382 g/mol. The van der Waals surface area contributed by atoms with Crippen molar-refractivity contribution in [3.8, 4) is 11.5 Å². The summed E-state index contributed by atoms with van der Waals surface area (Å²) in [6.45, 7) is 0.161. The summed E-state index contributed by atoms with van der Waals surface area (Å²) in [5.41, 5.74) is 6.64. The van der Waals surface area contributed by atoms with E-state index in [1.807, 2.05) is 6.07 Å². The number of hydrogen-bond donors (Lipinski definition) is 1. The van der Waals surface area contributed by atoms with E-state index in [-0.39, 0.29) is 22.6 Å². The molecule has 25 heavy (non-hydrogen) atoms. The third-order valence-corrected chi connectivity index (χ3v) is 7.32. The zero-order valence-electron chi connectivity index (χ0n) is 12.9. The molecule has 0 saturated heterocycles. The van der Waals surface area contributed by atoms with Crippen molar-refractivity contribution in [1.29, 1.82) is 0 Å². The van der Waals surface area contributed by atoms with Gasteiger partial charge in [-0.05, 0) is 42.0 Å². The van der Waals surface area contributed by atoms with Crippen molar-refractivity contribution in [2.24, 2.45) is 11.7 Å². The van der Waals surface area contributed by atoms with Crippen LogP contribution in [-0.4, -0.2) is 25.4 Å². The van der Waals surface area contributed by atoms with Crippen molar-refractivity contribution >= 4 is 38.6 Å². The average molecular weight is 396 g/mol. The summed E-state index contributed by atoms with van der Waals surface area (Å²) in [6.07, 6.45) is 0. The molecule has 2 aromatic rings. The third kappa shape index (κ3) is 2.76. The fourth-order valence-corrected chi connectivity index (χ4v) is 5.97. The highest BCUT2D eigenvalue weighted by Gasteiger charge is 2.60. The van der Waals surface area contributed by atoms with E-state index in [2.05, 4.69) is 0 Å². The number of hydrogen-bond acceptors (Lipinski definition) is 5. The van der Waals surface area contributed by atoms with Gasteiger partial charge in [-0.25, -0.2) is 8.42 Å². The Morgan fingerprint density at radius 2 is 1.80 bits per heavy atom. The van der Waals surface area contributed by atoms with E-state index in [0.717, 1.165) is 5.56 Å². The molecule has 3 unspecified atom stereocenters. The SMILES string of the molecule is NC(=S)C1C(c2ccc3c(c2)OCO3)C1S(=O)(=O)c1ccc(Cl)cc1. The summed E-state index contributed by atoms with van der Waals surface area (Å²) in [7, 11) is -3.59. The van der Waals surface area contributed by atoms with Crippen LogP contribution in [0.2, 0.25) is 5.02 Å². The Morgan fingerprint density at radius 3 is 2.48 bits per heavy atom. The van der Waals surface area contributed by atoms with Gasteiger partial charge < -0.3 is 15.2 Å². The zero-order chi connectivity index (χ0) is 17.8. The zero-order valence-corrected chi connectivity index (χ0v) is 15.3. The number of ether oxygens (including phenoxy) is 2. The molecule has 130 valence electrons. The van der Waals surface area contributed by atoms with Gasteiger partial charge in [0.25, 0.3) is 0 Å². The van der Waals surface area contributed by atoms with Gasteiger partial charge in [-0.15, -0.1) is 0 Å². The summed E-state index contributed by atoms with van der Waals surface area (Å²) >= 11 is 11.0. The lowest BCUT2D eigenvalue weighted by Gasteiger charge is -2.05. The molecule has 0 aromatic heterocycles. The molecule has 2 aliphatic rings. The molecule has 1 saturated carbocycles. The average Bonchev–Trinajstić information content (AvgIpc) is 3.18. The molecule has 0 amide bonds. The first-order valence-corrected chi connectivity index (χ1v) is 9.91. The summed E-state index contributed by atoms with van der Waals surface area (Å²) in [6, 6.07) is 11.5. The van der Waals surface area contributed by atoms with Crippen LogP contribution in [0.4, 0.5) is 0 Å². The topological polar surface area (TPSA) is 78.6 Å².